The molecular weight excluding hydrogens is 362 g/mol. The highest BCUT2D eigenvalue weighted by Gasteiger charge is 2.25. The van der Waals surface area contributed by atoms with Crippen molar-refractivity contribution in [3.63, 3.8) is 0 Å². The minimum atomic E-state index is -0.0755. The molecule has 2 atom stereocenters. The van der Waals surface area contributed by atoms with Crippen molar-refractivity contribution in [2.45, 2.75) is 51.6 Å². The summed E-state index contributed by atoms with van der Waals surface area (Å²) in [6.45, 7) is 7.40. The first kappa shape index (κ1) is 20.9. The zero-order chi connectivity index (χ0) is 20.8. The molecule has 0 aromatic heterocycles. The Morgan fingerprint density at radius 3 is 2.48 bits per heavy atom. The third-order valence-corrected chi connectivity index (χ3v) is 5.39. The molecule has 0 spiro atoms. The first-order valence-corrected chi connectivity index (χ1v) is 10.4. The monoisotopic (exact) mass is 393 g/mol. The highest BCUT2D eigenvalue weighted by molar-refractivity contribution is 5.94. The summed E-state index contributed by atoms with van der Waals surface area (Å²) >= 11 is 0. The summed E-state index contributed by atoms with van der Waals surface area (Å²) in [5.74, 6) is 0.175. The summed E-state index contributed by atoms with van der Waals surface area (Å²) in [6.07, 6.45) is 1.99. The van der Waals surface area contributed by atoms with Crippen LogP contribution in [0.3, 0.4) is 0 Å². The number of rotatable bonds is 5. The molecule has 1 fully saturated rings. The van der Waals surface area contributed by atoms with Gasteiger partial charge in [0.1, 0.15) is 0 Å². The second kappa shape index (κ2) is 9.59. The van der Waals surface area contributed by atoms with Crippen LogP contribution in [0.4, 0.5) is 4.79 Å². The normalized spacial score (nSPS) is 17.7. The fourth-order valence-corrected chi connectivity index (χ4v) is 3.81. The number of carbonyl (C=O) groups excluding carboxylic acids is 2. The van der Waals surface area contributed by atoms with E-state index in [-0.39, 0.29) is 29.9 Å². The summed E-state index contributed by atoms with van der Waals surface area (Å²) in [5.41, 5.74) is 2.86. The summed E-state index contributed by atoms with van der Waals surface area (Å²) in [6, 6.07) is 17.8. The smallest absolute Gasteiger partial charge is 0.317 e. The molecule has 29 heavy (non-hydrogen) atoms. The minimum absolute atomic E-state index is 0.00437. The highest BCUT2D eigenvalue weighted by atomic mass is 16.2. The third-order valence-electron chi connectivity index (χ3n) is 5.39. The number of hydrogen-bond acceptors (Lipinski definition) is 2. The molecule has 0 aliphatic carbocycles. The van der Waals surface area contributed by atoms with E-state index in [9.17, 15) is 9.59 Å². The predicted molar refractivity (Wildman–Crippen MR) is 116 cm³/mol. The first-order chi connectivity index (χ1) is 13.9. The number of nitrogens with one attached hydrogen (secondary N) is 2. The maximum absolute atomic E-state index is 12.8. The van der Waals surface area contributed by atoms with Gasteiger partial charge in [-0.05, 0) is 56.9 Å². The second-order valence-corrected chi connectivity index (χ2v) is 8.12. The molecule has 3 rings (SSSR count). The molecule has 0 saturated carbocycles. The molecule has 1 aliphatic rings. The first-order valence-electron chi connectivity index (χ1n) is 10.4. The van der Waals surface area contributed by atoms with Gasteiger partial charge in [-0.3, -0.25) is 4.79 Å². The Morgan fingerprint density at radius 1 is 1.00 bits per heavy atom. The molecule has 5 nitrogen and oxygen atoms in total. The number of piperidine rings is 1. The van der Waals surface area contributed by atoms with Crippen molar-refractivity contribution in [1.29, 1.82) is 0 Å². The van der Waals surface area contributed by atoms with Gasteiger partial charge in [-0.1, -0.05) is 42.5 Å². The van der Waals surface area contributed by atoms with E-state index in [1.807, 2.05) is 74.2 Å². The molecule has 0 radical (unpaired) electrons. The van der Waals surface area contributed by atoms with E-state index in [0.717, 1.165) is 30.5 Å². The molecular formula is C24H31N3O2. The highest BCUT2D eigenvalue weighted by Crippen LogP contribution is 2.27. The van der Waals surface area contributed by atoms with Crippen LogP contribution < -0.4 is 10.6 Å². The fraction of sp³-hybridized carbons (Fsp3) is 0.417. The van der Waals surface area contributed by atoms with Crippen molar-refractivity contribution in [1.82, 2.24) is 15.5 Å². The number of amides is 3. The van der Waals surface area contributed by atoms with Gasteiger partial charge < -0.3 is 15.5 Å². The van der Waals surface area contributed by atoms with E-state index >= 15 is 0 Å². The molecule has 1 heterocycles. The fourth-order valence-electron chi connectivity index (χ4n) is 3.81. The van der Waals surface area contributed by atoms with E-state index < -0.39 is 0 Å². The van der Waals surface area contributed by atoms with Gasteiger partial charge in [0, 0.05) is 30.6 Å². The van der Waals surface area contributed by atoms with E-state index in [2.05, 4.69) is 16.7 Å². The van der Waals surface area contributed by atoms with Crippen LogP contribution in [-0.4, -0.2) is 36.0 Å². The van der Waals surface area contributed by atoms with Crippen LogP contribution in [0.2, 0.25) is 0 Å². The maximum atomic E-state index is 12.8. The lowest BCUT2D eigenvalue weighted by molar-refractivity contribution is 0.0939. The van der Waals surface area contributed by atoms with Gasteiger partial charge in [0.25, 0.3) is 5.91 Å². The van der Waals surface area contributed by atoms with Crippen LogP contribution >= 0.6 is 0 Å². The average Bonchev–Trinajstić information content (AvgIpc) is 2.74. The molecule has 3 amide bonds. The molecule has 5 heteroatoms. The van der Waals surface area contributed by atoms with E-state index in [0.29, 0.717) is 12.1 Å². The van der Waals surface area contributed by atoms with E-state index in [1.54, 1.807) is 0 Å². The van der Waals surface area contributed by atoms with Crippen molar-refractivity contribution in [3.8, 4) is 0 Å². The molecule has 1 aliphatic heterocycles. The van der Waals surface area contributed by atoms with Crippen LogP contribution in [0.25, 0.3) is 0 Å². The number of likely N-dealkylation sites (tertiary alicyclic amines) is 1. The molecule has 0 bridgehead atoms. The lowest BCUT2D eigenvalue weighted by atomic mass is 9.89. The Hall–Kier alpha value is -2.82. The van der Waals surface area contributed by atoms with Crippen molar-refractivity contribution in [2.24, 2.45) is 0 Å². The van der Waals surface area contributed by atoms with Gasteiger partial charge in [-0.25, -0.2) is 4.79 Å². The predicted octanol–water partition coefficient (Wildman–Crippen LogP) is 4.48. The van der Waals surface area contributed by atoms with Gasteiger partial charge in [0.2, 0.25) is 0 Å². The lowest BCUT2D eigenvalue weighted by Gasteiger charge is -2.33. The van der Waals surface area contributed by atoms with E-state index in [1.165, 1.54) is 0 Å². The summed E-state index contributed by atoms with van der Waals surface area (Å²) < 4.78 is 0. The Bertz CT molecular complexity index is 835. The molecule has 2 aromatic carbocycles. The van der Waals surface area contributed by atoms with E-state index in [4.69, 9.17) is 0 Å². The summed E-state index contributed by atoms with van der Waals surface area (Å²) in [5, 5.41) is 6.05. The number of hydrogen-bond donors (Lipinski definition) is 2. The minimum Gasteiger partial charge on any atom is -0.346 e. The zero-order valence-electron chi connectivity index (χ0n) is 17.5. The van der Waals surface area contributed by atoms with Gasteiger partial charge in [-0.2, -0.15) is 0 Å². The Balaban J connectivity index is 1.67. The lowest BCUT2D eigenvalue weighted by Crippen LogP contribution is -2.47. The Kier molecular flexibility index (Phi) is 6.91. The van der Waals surface area contributed by atoms with Gasteiger partial charge in [0.05, 0.1) is 6.04 Å². The maximum Gasteiger partial charge on any atom is 0.317 e. The SMILES string of the molecule is CC(C)NC(=O)N1CCC[C@@H](c2cccc(C(=O)N[C@@H](C)c3ccccc3)c2)C1. The van der Waals surface area contributed by atoms with Crippen molar-refractivity contribution < 1.29 is 9.59 Å². The van der Waals surface area contributed by atoms with Crippen LogP contribution in [-0.2, 0) is 0 Å². The van der Waals surface area contributed by atoms with Gasteiger partial charge >= 0.3 is 6.03 Å². The number of nitrogens with zero attached hydrogens (tertiary/aromatic N) is 1. The summed E-state index contributed by atoms with van der Waals surface area (Å²) in [4.78, 5) is 27.0. The second-order valence-electron chi connectivity index (χ2n) is 8.12. The van der Waals surface area contributed by atoms with Crippen molar-refractivity contribution >= 4 is 11.9 Å². The van der Waals surface area contributed by atoms with Crippen molar-refractivity contribution in [3.05, 3.63) is 71.3 Å². The Labute approximate surface area is 173 Å². The Morgan fingerprint density at radius 2 is 1.76 bits per heavy atom. The largest absolute Gasteiger partial charge is 0.346 e. The molecule has 2 N–H and O–H groups in total. The van der Waals surface area contributed by atoms with Crippen LogP contribution in [0.5, 0.6) is 0 Å². The van der Waals surface area contributed by atoms with Crippen molar-refractivity contribution in [2.75, 3.05) is 13.1 Å². The molecule has 1 saturated heterocycles. The van der Waals surface area contributed by atoms with Crippen LogP contribution in [0.15, 0.2) is 54.6 Å². The number of carbonyl (C=O) groups is 2. The molecule has 2 aromatic rings. The van der Waals surface area contributed by atoms with Gasteiger partial charge in [-0.15, -0.1) is 0 Å². The molecule has 154 valence electrons. The summed E-state index contributed by atoms with van der Waals surface area (Å²) in [7, 11) is 0. The standard InChI is InChI=1S/C24H31N3O2/c1-17(2)25-24(29)27-14-8-13-22(16-27)20-11-7-12-21(15-20)23(28)26-18(3)19-9-5-4-6-10-19/h4-7,9-12,15,17-18,22H,8,13-14,16H2,1-3H3,(H,25,29)(H,26,28)/t18-,22+/m0/s1. The number of benzene rings is 2. The zero-order valence-corrected chi connectivity index (χ0v) is 17.5. The van der Waals surface area contributed by atoms with Gasteiger partial charge in [0.15, 0.2) is 0 Å². The average molecular weight is 394 g/mol. The van der Waals surface area contributed by atoms with Crippen LogP contribution in [0.1, 0.15) is 67.1 Å². The number of urea groups is 1. The molecule has 0 unspecified atom stereocenters. The van der Waals surface area contributed by atoms with Crippen LogP contribution in [0, 0.1) is 0 Å². The quantitative estimate of drug-likeness (QED) is 0.787. The topological polar surface area (TPSA) is 61.4 Å². The third kappa shape index (κ3) is 5.59.